The van der Waals surface area contributed by atoms with Crippen LogP contribution in [0.2, 0.25) is 0 Å². The lowest BCUT2D eigenvalue weighted by Crippen LogP contribution is -2.32. The van der Waals surface area contributed by atoms with E-state index in [2.05, 4.69) is 48.5 Å². The Balaban J connectivity index is 2.54. The lowest BCUT2D eigenvalue weighted by Gasteiger charge is -2.27. The first-order chi connectivity index (χ1) is 10.1. The zero-order valence-corrected chi connectivity index (χ0v) is 15.2. The van der Waals surface area contributed by atoms with Gasteiger partial charge in [0.1, 0.15) is 12.4 Å². The van der Waals surface area contributed by atoms with E-state index in [0.717, 1.165) is 5.75 Å². The molecule has 22 heavy (non-hydrogen) atoms. The Kier molecular flexibility index (Phi) is 6.89. The second kappa shape index (κ2) is 7.98. The van der Waals surface area contributed by atoms with Gasteiger partial charge in [-0.25, -0.2) is 0 Å². The van der Waals surface area contributed by atoms with Crippen molar-refractivity contribution in [2.75, 3.05) is 19.8 Å². The van der Waals surface area contributed by atoms with Gasteiger partial charge in [0.05, 0.1) is 13.2 Å². The third-order valence-corrected chi connectivity index (χ3v) is 2.81. The molecule has 1 aromatic carbocycles. The highest BCUT2D eigenvalue weighted by Crippen LogP contribution is 2.19. The standard InChI is InChI=1S/C19H32O3/c1-15-8-10-16(11-9-15)20-12-17(21-13-18(2,3)4)22-14-19(5,6)7/h8-11,17H,12-14H2,1-7H3. The van der Waals surface area contributed by atoms with Crippen molar-refractivity contribution in [3.05, 3.63) is 29.8 Å². The van der Waals surface area contributed by atoms with E-state index in [4.69, 9.17) is 14.2 Å². The minimum atomic E-state index is -0.347. The topological polar surface area (TPSA) is 27.7 Å². The van der Waals surface area contributed by atoms with Crippen LogP contribution in [0.5, 0.6) is 5.75 Å². The molecule has 0 spiro atoms. The van der Waals surface area contributed by atoms with Gasteiger partial charge < -0.3 is 14.2 Å². The molecule has 0 aromatic heterocycles. The Morgan fingerprint density at radius 1 is 0.818 bits per heavy atom. The predicted octanol–water partition coefficient (Wildman–Crippen LogP) is 4.83. The van der Waals surface area contributed by atoms with Gasteiger partial charge in [-0.1, -0.05) is 59.2 Å². The smallest absolute Gasteiger partial charge is 0.191 e. The third kappa shape index (κ3) is 9.06. The van der Waals surface area contributed by atoms with E-state index in [-0.39, 0.29) is 17.1 Å². The number of benzene rings is 1. The second-order valence-corrected chi connectivity index (χ2v) is 8.30. The average Bonchev–Trinajstić information content (AvgIpc) is 2.37. The van der Waals surface area contributed by atoms with Gasteiger partial charge in [-0.3, -0.25) is 0 Å². The molecule has 0 radical (unpaired) electrons. The number of hydrogen-bond acceptors (Lipinski definition) is 3. The van der Waals surface area contributed by atoms with E-state index >= 15 is 0 Å². The molecule has 0 fully saturated rings. The fraction of sp³-hybridized carbons (Fsp3) is 0.684. The first-order valence-corrected chi connectivity index (χ1v) is 7.98. The van der Waals surface area contributed by atoms with Crippen LogP contribution in [0, 0.1) is 17.8 Å². The number of rotatable bonds is 7. The second-order valence-electron chi connectivity index (χ2n) is 8.30. The van der Waals surface area contributed by atoms with E-state index in [1.54, 1.807) is 0 Å². The SMILES string of the molecule is Cc1ccc(OCC(OCC(C)(C)C)OCC(C)(C)C)cc1. The van der Waals surface area contributed by atoms with Crippen molar-refractivity contribution in [3.8, 4) is 5.75 Å². The number of hydrogen-bond donors (Lipinski definition) is 0. The van der Waals surface area contributed by atoms with Gasteiger partial charge in [-0.15, -0.1) is 0 Å². The molecular weight excluding hydrogens is 276 g/mol. The van der Waals surface area contributed by atoms with Crippen LogP contribution < -0.4 is 4.74 Å². The van der Waals surface area contributed by atoms with Crippen LogP contribution in [-0.2, 0) is 9.47 Å². The Morgan fingerprint density at radius 2 is 1.27 bits per heavy atom. The van der Waals surface area contributed by atoms with Gasteiger partial charge in [-0.05, 0) is 29.9 Å². The van der Waals surface area contributed by atoms with Crippen molar-refractivity contribution >= 4 is 0 Å². The number of aryl methyl sites for hydroxylation is 1. The van der Waals surface area contributed by atoms with Gasteiger partial charge in [0.25, 0.3) is 0 Å². The van der Waals surface area contributed by atoms with Gasteiger partial charge >= 0.3 is 0 Å². The van der Waals surface area contributed by atoms with E-state index in [1.165, 1.54) is 5.56 Å². The van der Waals surface area contributed by atoms with Gasteiger partial charge in [0.15, 0.2) is 6.29 Å². The van der Waals surface area contributed by atoms with Crippen LogP contribution >= 0.6 is 0 Å². The Hall–Kier alpha value is -1.06. The van der Waals surface area contributed by atoms with Gasteiger partial charge in [0, 0.05) is 0 Å². The third-order valence-electron chi connectivity index (χ3n) is 2.81. The quantitative estimate of drug-likeness (QED) is 0.676. The predicted molar refractivity (Wildman–Crippen MR) is 91.3 cm³/mol. The Morgan fingerprint density at radius 3 is 1.68 bits per heavy atom. The summed E-state index contributed by atoms with van der Waals surface area (Å²) < 4.78 is 17.6. The summed E-state index contributed by atoms with van der Waals surface area (Å²) in [7, 11) is 0. The summed E-state index contributed by atoms with van der Waals surface area (Å²) in [6, 6.07) is 8.02. The molecule has 0 aliphatic rings. The van der Waals surface area contributed by atoms with Crippen molar-refractivity contribution in [2.45, 2.75) is 54.8 Å². The summed E-state index contributed by atoms with van der Waals surface area (Å²) in [6.45, 7) is 16.6. The highest BCUT2D eigenvalue weighted by atomic mass is 16.7. The van der Waals surface area contributed by atoms with E-state index < -0.39 is 0 Å². The molecule has 0 amide bonds. The maximum absolute atomic E-state index is 5.90. The van der Waals surface area contributed by atoms with Gasteiger partial charge in [0.2, 0.25) is 0 Å². The van der Waals surface area contributed by atoms with Crippen molar-refractivity contribution < 1.29 is 14.2 Å². The van der Waals surface area contributed by atoms with Crippen LogP contribution in [0.3, 0.4) is 0 Å². The Bertz CT molecular complexity index is 405. The lowest BCUT2D eigenvalue weighted by molar-refractivity contribution is -0.182. The molecule has 0 bridgehead atoms. The van der Waals surface area contributed by atoms with Crippen LogP contribution in [0.1, 0.15) is 47.1 Å². The molecule has 3 nitrogen and oxygen atoms in total. The molecule has 0 saturated carbocycles. The first kappa shape index (κ1) is 19.0. The molecule has 0 atom stereocenters. The highest BCUT2D eigenvalue weighted by Gasteiger charge is 2.20. The molecule has 0 N–H and O–H groups in total. The summed E-state index contributed by atoms with van der Waals surface area (Å²) in [5.41, 5.74) is 1.43. The van der Waals surface area contributed by atoms with Crippen molar-refractivity contribution in [1.82, 2.24) is 0 Å². The van der Waals surface area contributed by atoms with Crippen molar-refractivity contribution in [1.29, 1.82) is 0 Å². The fourth-order valence-corrected chi connectivity index (χ4v) is 1.63. The van der Waals surface area contributed by atoms with Crippen molar-refractivity contribution in [2.24, 2.45) is 10.8 Å². The molecular formula is C19H32O3. The normalized spacial score (nSPS) is 12.7. The summed E-state index contributed by atoms with van der Waals surface area (Å²) in [6.07, 6.45) is -0.347. The van der Waals surface area contributed by atoms with Crippen LogP contribution in [0.4, 0.5) is 0 Å². The largest absolute Gasteiger partial charge is 0.488 e. The van der Waals surface area contributed by atoms with Crippen LogP contribution in [0.15, 0.2) is 24.3 Å². The maximum Gasteiger partial charge on any atom is 0.191 e. The van der Waals surface area contributed by atoms with E-state index in [1.807, 2.05) is 24.3 Å². The molecule has 0 unspecified atom stereocenters. The monoisotopic (exact) mass is 308 g/mol. The van der Waals surface area contributed by atoms with E-state index in [0.29, 0.717) is 19.8 Å². The molecule has 1 aromatic rings. The molecule has 1 rings (SSSR count). The minimum absolute atomic E-state index is 0.104. The number of ether oxygens (including phenoxy) is 3. The highest BCUT2D eigenvalue weighted by molar-refractivity contribution is 5.26. The summed E-state index contributed by atoms with van der Waals surface area (Å²) in [4.78, 5) is 0. The first-order valence-electron chi connectivity index (χ1n) is 7.98. The van der Waals surface area contributed by atoms with Crippen molar-refractivity contribution in [3.63, 3.8) is 0 Å². The Labute approximate surface area is 136 Å². The average molecular weight is 308 g/mol. The van der Waals surface area contributed by atoms with Crippen LogP contribution in [0.25, 0.3) is 0 Å². The zero-order valence-electron chi connectivity index (χ0n) is 15.2. The maximum atomic E-state index is 5.90. The molecule has 0 heterocycles. The van der Waals surface area contributed by atoms with Gasteiger partial charge in [-0.2, -0.15) is 0 Å². The zero-order chi connectivity index (χ0) is 16.8. The molecule has 0 aliphatic heterocycles. The van der Waals surface area contributed by atoms with Crippen LogP contribution in [-0.4, -0.2) is 26.1 Å². The molecule has 126 valence electrons. The molecule has 0 aliphatic carbocycles. The lowest BCUT2D eigenvalue weighted by atomic mass is 9.98. The molecule has 3 heteroatoms. The summed E-state index contributed by atoms with van der Waals surface area (Å²) >= 11 is 0. The fourth-order valence-electron chi connectivity index (χ4n) is 1.63. The summed E-state index contributed by atoms with van der Waals surface area (Å²) in [5.74, 6) is 0.842. The van der Waals surface area contributed by atoms with E-state index in [9.17, 15) is 0 Å². The minimum Gasteiger partial charge on any atom is -0.488 e. The summed E-state index contributed by atoms with van der Waals surface area (Å²) in [5, 5.41) is 0. The molecule has 0 saturated heterocycles.